The smallest absolute Gasteiger partial charge is 0.308 e. The molecule has 0 saturated heterocycles. The summed E-state index contributed by atoms with van der Waals surface area (Å²) >= 11 is 1.07. The Morgan fingerprint density at radius 2 is 2.04 bits per heavy atom. The van der Waals surface area contributed by atoms with Crippen LogP contribution in [0.4, 0.5) is 4.39 Å². The molecule has 3 aromatic rings. The van der Waals surface area contributed by atoms with Crippen molar-refractivity contribution in [3.63, 3.8) is 0 Å². The Hall–Kier alpha value is -2.67. The minimum absolute atomic E-state index is 0.110. The SMILES string of the molecule is Cc1sc(=O)n(CC(=O)N[C@H](C)c2ccco2)c1-c1ccc(F)cc1. The van der Waals surface area contributed by atoms with Gasteiger partial charge >= 0.3 is 4.87 Å². The van der Waals surface area contributed by atoms with E-state index in [2.05, 4.69) is 5.32 Å². The number of nitrogens with one attached hydrogen (secondary N) is 1. The molecule has 2 aromatic heterocycles. The molecular weight excluding hydrogens is 343 g/mol. The number of aromatic nitrogens is 1. The Morgan fingerprint density at radius 3 is 2.68 bits per heavy atom. The van der Waals surface area contributed by atoms with Gasteiger partial charge in [-0.2, -0.15) is 0 Å². The van der Waals surface area contributed by atoms with Crippen LogP contribution in [-0.2, 0) is 11.3 Å². The number of aryl methyl sites for hydroxylation is 1. The predicted octanol–water partition coefficient (Wildman–Crippen LogP) is 3.49. The number of benzene rings is 1. The lowest BCUT2D eigenvalue weighted by Crippen LogP contribution is -2.32. The van der Waals surface area contributed by atoms with Gasteiger partial charge in [0.15, 0.2) is 0 Å². The third kappa shape index (κ3) is 3.71. The zero-order valence-electron chi connectivity index (χ0n) is 13.8. The fraction of sp³-hybridized carbons (Fsp3) is 0.222. The number of thiazole rings is 1. The van der Waals surface area contributed by atoms with Crippen LogP contribution in [0.1, 0.15) is 23.6 Å². The van der Waals surface area contributed by atoms with Gasteiger partial charge in [0, 0.05) is 4.88 Å². The van der Waals surface area contributed by atoms with E-state index < -0.39 is 0 Å². The topological polar surface area (TPSA) is 64.2 Å². The van der Waals surface area contributed by atoms with Crippen molar-refractivity contribution in [2.24, 2.45) is 0 Å². The van der Waals surface area contributed by atoms with E-state index in [1.54, 1.807) is 31.2 Å². The normalized spacial score (nSPS) is 12.1. The summed E-state index contributed by atoms with van der Waals surface area (Å²) in [6, 6.07) is 9.09. The van der Waals surface area contributed by atoms with Gasteiger partial charge in [0.2, 0.25) is 5.91 Å². The van der Waals surface area contributed by atoms with E-state index in [-0.39, 0.29) is 29.2 Å². The molecule has 0 spiro atoms. The number of hydrogen-bond donors (Lipinski definition) is 1. The highest BCUT2D eigenvalue weighted by Crippen LogP contribution is 2.25. The van der Waals surface area contributed by atoms with E-state index in [1.165, 1.54) is 23.0 Å². The van der Waals surface area contributed by atoms with Gasteiger partial charge in [-0.1, -0.05) is 11.3 Å². The summed E-state index contributed by atoms with van der Waals surface area (Å²) in [4.78, 5) is 25.2. The van der Waals surface area contributed by atoms with Crippen LogP contribution >= 0.6 is 11.3 Å². The average Bonchev–Trinajstić information content (AvgIpc) is 3.18. The molecule has 0 aliphatic carbocycles. The zero-order valence-corrected chi connectivity index (χ0v) is 14.6. The molecule has 25 heavy (non-hydrogen) atoms. The minimum Gasteiger partial charge on any atom is -0.467 e. The van der Waals surface area contributed by atoms with Crippen LogP contribution in [0.5, 0.6) is 0 Å². The van der Waals surface area contributed by atoms with Gasteiger partial charge in [-0.25, -0.2) is 4.39 Å². The molecule has 1 aromatic carbocycles. The molecule has 0 unspecified atom stereocenters. The Morgan fingerprint density at radius 1 is 1.32 bits per heavy atom. The lowest BCUT2D eigenvalue weighted by molar-refractivity contribution is -0.122. The first-order chi connectivity index (χ1) is 12.0. The first kappa shape index (κ1) is 17.2. The van der Waals surface area contributed by atoms with Crippen LogP contribution in [0.25, 0.3) is 11.3 Å². The van der Waals surface area contributed by atoms with Crippen molar-refractivity contribution in [3.05, 3.63) is 68.8 Å². The highest BCUT2D eigenvalue weighted by Gasteiger charge is 2.18. The Labute approximate surface area is 147 Å². The molecule has 7 heteroatoms. The maximum absolute atomic E-state index is 13.2. The monoisotopic (exact) mass is 360 g/mol. The third-order valence-corrected chi connectivity index (χ3v) is 4.73. The number of carbonyl (C=O) groups excluding carboxylic acids is 1. The van der Waals surface area contributed by atoms with Crippen molar-refractivity contribution in [2.75, 3.05) is 0 Å². The van der Waals surface area contributed by atoms with Gasteiger partial charge < -0.3 is 9.73 Å². The Kier molecular flexibility index (Phi) is 4.85. The summed E-state index contributed by atoms with van der Waals surface area (Å²) in [6.45, 7) is 3.50. The maximum Gasteiger partial charge on any atom is 0.308 e. The molecule has 0 radical (unpaired) electrons. The maximum atomic E-state index is 13.2. The largest absolute Gasteiger partial charge is 0.467 e. The number of rotatable bonds is 5. The molecule has 0 bridgehead atoms. The summed E-state index contributed by atoms with van der Waals surface area (Å²) in [6.07, 6.45) is 1.54. The van der Waals surface area contributed by atoms with Crippen LogP contribution < -0.4 is 10.2 Å². The zero-order chi connectivity index (χ0) is 18.0. The van der Waals surface area contributed by atoms with Crippen molar-refractivity contribution in [3.8, 4) is 11.3 Å². The summed E-state index contributed by atoms with van der Waals surface area (Å²) < 4.78 is 19.8. The van der Waals surface area contributed by atoms with E-state index in [1.807, 2.05) is 6.92 Å². The van der Waals surface area contributed by atoms with Gasteiger partial charge in [-0.15, -0.1) is 0 Å². The molecule has 2 heterocycles. The average molecular weight is 360 g/mol. The summed E-state index contributed by atoms with van der Waals surface area (Å²) in [5.74, 6) is -0.0105. The first-order valence-corrected chi connectivity index (χ1v) is 8.56. The summed E-state index contributed by atoms with van der Waals surface area (Å²) in [5, 5.41) is 2.81. The first-order valence-electron chi connectivity index (χ1n) is 7.74. The number of halogens is 1. The molecule has 5 nitrogen and oxygen atoms in total. The second-order valence-electron chi connectivity index (χ2n) is 5.67. The fourth-order valence-electron chi connectivity index (χ4n) is 2.67. The third-order valence-electron chi connectivity index (χ3n) is 3.83. The molecule has 0 saturated carbocycles. The van der Waals surface area contributed by atoms with Crippen molar-refractivity contribution in [2.45, 2.75) is 26.4 Å². The van der Waals surface area contributed by atoms with Gasteiger partial charge in [0.1, 0.15) is 18.1 Å². The molecule has 0 aliphatic rings. The van der Waals surface area contributed by atoms with Crippen LogP contribution in [0.2, 0.25) is 0 Å². The molecule has 3 rings (SSSR count). The summed E-state index contributed by atoms with van der Waals surface area (Å²) in [5.41, 5.74) is 1.33. The van der Waals surface area contributed by atoms with Crippen molar-refractivity contribution < 1.29 is 13.6 Å². The lowest BCUT2D eigenvalue weighted by atomic mass is 10.1. The second-order valence-corrected chi connectivity index (χ2v) is 6.84. The van der Waals surface area contributed by atoms with Gasteiger partial charge in [0.05, 0.1) is 18.0 Å². The van der Waals surface area contributed by atoms with Crippen LogP contribution in [0, 0.1) is 12.7 Å². The molecule has 0 aliphatic heterocycles. The number of nitrogens with zero attached hydrogens (tertiary/aromatic N) is 1. The highest BCUT2D eigenvalue weighted by molar-refractivity contribution is 7.09. The molecule has 1 amide bonds. The lowest BCUT2D eigenvalue weighted by Gasteiger charge is -2.13. The second kappa shape index (κ2) is 7.06. The van der Waals surface area contributed by atoms with Crippen LogP contribution in [0.3, 0.4) is 0 Å². The number of furan rings is 1. The van der Waals surface area contributed by atoms with E-state index in [9.17, 15) is 14.0 Å². The predicted molar refractivity (Wildman–Crippen MR) is 94.0 cm³/mol. The number of carbonyl (C=O) groups is 1. The van der Waals surface area contributed by atoms with Crippen molar-refractivity contribution >= 4 is 17.2 Å². The number of amides is 1. The van der Waals surface area contributed by atoms with E-state index in [0.717, 1.165) is 16.2 Å². The fourth-order valence-corrected chi connectivity index (χ4v) is 3.52. The van der Waals surface area contributed by atoms with Gasteiger partial charge in [-0.3, -0.25) is 14.2 Å². The van der Waals surface area contributed by atoms with Crippen molar-refractivity contribution in [1.29, 1.82) is 0 Å². The molecule has 1 atom stereocenters. The molecule has 1 N–H and O–H groups in total. The Bertz CT molecular complexity index is 926. The van der Waals surface area contributed by atoms with E-state index in [4.69, 9.17) is 4.42 Å². The van der Waals surface area contributed by atoms with E-state index >= 15 is 0 Å². The standard InChI is InChI=1S/C18H17FN2O3S/c1-11(15-4-3-9-24-15)20-16(22)10-21-17(12(2)25-18(21)23)13-5-7-14(19)8-6-13/h3-9,11H,10H2,1-2H3,(H,20,22)/t11-/m1/s1. The highest BCUT2D eigenvalue weighted by atomic mass is 32.1. The van der Waals surface area contributed by atoms with E-state index in [0.29, 0.717) is 17.0 Å². The van der Waals surface area contributed by atoms with Gasteiger partial charge in [-0.05, 0) is 55.8 Å². The van der Waals surface area contributed by atoms with Crippen LogP contribution in [0.15, 0.2) is 51.9 Å². The Balaban J connectivity index is 1.84. The quantitative estimate of drug-likeness (QED) is 0.757. The van der Waals surface area contributed by atoms with Gasteiger partial charge in [0.25, 0.3) is 0 Å². The number of hydrogen-bond acceptors (Lipinski definition) is 4. The molecular formula is C18H17FN2O3S. The summed E-state index contributed by atoms with van der Waals surface area (Å²) in [7, 11) is 0. The molecule has 0 fully saturated rings. The van der Waals surface area contributed by atoms with Crippen molar-refractivity contribution in [1.82, 2.24) is 9.88 Å². The minimum atomic E-state index is -0.351. The van der Waals surface area contributed by atoms with Crippen LogP contribution in [-0.4, -0.2) is 10.5 Å². The molecule has 130 valence electrons.